The predicted octanol–water partition coefficient (Wildman–Crippen LogP) is 4.34. The summed E-state index contributed by atoms with van der Waals surface area (Å²) in [5.74, 6) is 3.24. The maximum atomic E-state index is 6.00. The van der Waals surface area contributed by atoms with E-state index in [1.165, 1.54) is 21.5 Å². The quantitative estimate of drug-likeness (QED) is 0.653. The van der Waals surface area contributed by atoms with Gasteiger partial charge in [-0.05, 0) is 45.8 Å². The van der Waals surface area contributed by atoms with Crippen LogP contribution in [0.5, 0.6) is 5.75 Å². The normalized spacial score (nSPS) is 16.4. The van der Waals surface area contributed by atoms with Crippen LogP contribution in [0.25, 0.3) is 21.5 Å². The highest BCUT2D eigenvalue weighted by Gasteiger charge is 2.12. The monoisotopic (exact) mass is 295 g/mol. The van der Waals surface area contributed by atoms with E-state index >= 15 is 0 Å². The van der Waals surface area contributed by atoms with Crippen LogP contribution < -0.4 is 4.84 Å². The first kappa shape index (κ1) is 13.0. The van der Waals surface area contributed by atoms with Crippen molar-refractivity contribution >= 4 is 33.3 Å². The molecule has 3 aromatic rings. The molecule has 106 valence electrons. The topological polar surface area (TPSA) is 12.5 Å². The van der Waals surface area contributed by atoms with E-state index in [1.807, 2.05) is 11.8 Å². The summed E-state index contributed by atoms with van der Waals surface area (Å²) in [6.45, 7) is 2.00. The fourth-order valence-electron chi connectivity index (χ4n) is 2.76. The van der Waals surface area contributed by atoms with Crippen LogP contribution >= 0.6 is 11.8 Å². The second-order valence-corrected chi connectivity index (χ2v) is 6.57. The average molecular weight is 295 g/mol. The van der Waals surface area contributed by atoms with E-state index in [0.717, 1.165) is 30.3 Å². The molecule has 4 rings (SSSR count). The Hall–Kier alpha value is -1.71. The van der Waals surface area contributed by atoms with E-state index in [-0.39, 0.29) is 0 Å². The second kappa shape index (κ2) is 5.58. The Morgan fingerprint density at radius 2 is 1.43 bits per heavy atom. The van der Waals surface area contributed by atoms with E-state index < -0.39 is 0 Å². The molecule has 0 spiro atoms. The SMILES string of the molecule is c1ccc2cc3cc(ON4CCSCC4)ccc3cc2c1. The van der Waals surface area contributed by atoms with Crippen LogP contribution in [0.1, 0.15) is 0 Å². The summed E-state index contributed by atoms with van der Waals surface area (Å²) < 4.78 is 0. The van der Waals surface area contributed by atoms with E-state index in [0.29, 0.717) is 0 Å². The van der Waals surface area contributed by atoms with E-state index in [2.05, 4.69) is 59.7 Å². The van der Waals surface area contributed by atoms with Gasteiger partial charge in [0.25, 0.3) is 0 Å². The summed E-state index contributed by atoms with van der Waals surface area (Å²) in [5, 5.41) is 7.12. The predicted molar refractivity (Wildman–Crippen MR) is 91.0 cm³/mol. The summed E-state index contributed by atoms with van der Waals surface area (Å²) in [5.41, 5.74) is 0. The molecule has 0 atom stereocenters. The Morgan fingerprint density at radius 1 is 0.762 bits per heavy atom. The number of rotatable bonds is 2. The lowest BCUT2D eigenvalue weighted by Crippen LogP contribution is -2.35. The summed E-state index contributed by atoms with van der Waals surface area (Å²) >= 11 is 1.99. The first-order valence-electron chi connectivity index (χ1n) is 7.32. The molecule has 1 aliphatic rings. The van der Waals surface area contributed by atoms with Gasteiger partial charge in [0, 0.05) is 24.6 Å². The molecule has 0 aromatic heterocycles. The zero-order valence-corrected chi connectivity index (χ0v) is 12.6. The van der Waals surface area contributed by atoms with Crippen molar-refractivity contribution in [3.8, 4) is 5.75 Å². The van der Waals surface area contributed by atoms with Crippen molar-refractivity contribution in [1.29, 1.82) is 0 Å². The standard InChI is InChI=1S/C18H17NOS/c1-2-4-15-12-17-13-18(20-19-7-9-21-10-8-19)6-5-16(17)11-14(15)3-1/h1-6,11-13H,7-10H2. The fourth-order valence-corrected chi connectivity index (χ4v) is 3.63. The molecule has 0 saturated carbocycles. The molecule has 0 aliphatic carbocycles. The summed E-state index contributed by atoms with van der Waals surface area (Å²) in [6.07, 6.45) is 0. The Kier molecular flexibility index (Phi) is 3.45. The molecular weight excluding hydrogens is 278 g/mol. The fraction of sp³-hybridized carbons (Fsp3) is 0.222. The van der Waals surface area contributed by atoms with Crippen molar-refractivity contribution in [1.82, 2.24) is 5.06 Å². The number of benzene rings is 3. The molecule has 1 heterocycles. The molecule has 1 saturated heterocycles. The van der Waals surface area contributed by atoms with Crippen LogP contribution in [-0.4, -0.2) is 29.7 Å². The van der Waals surface area contributed by atoms with Crippen molar-refractivity contribution in [2.24, 2.45) is 0 Å². The van der Waals surface area contributed by atoms with Gasteiger partial charge in [0.05, 0.1) is 0 Å². The van der Waals surface area contributed by atoms with Gasteiger partial charge in [-0.3, -0.25) is 0 Å². The lowest BCUT2D eigenvalue weighted by molar-refractivity contribution is -0.0487. The Balaban J connectivity index is 1.69. The molecule has 1 fully saturated rings. The van der Waals surface area contributed by atoms with E-state index in [1.54, 1.807) is 0 Å². The lowest BCUT2D eigenvalue weighted by Gasteiger charge is -2.25. The third kappa shape index (κ3) is 2.71. The number of hydrogen-bond donors (Lipinski definition) is 0. The highest BCUT2D eigenvalue weighted by Crippen LogP contribution is 2.27. The van der Waals surface area contributed by atoms with Gasteiger partial charge in [0.15, 0.2) is 0 Å². The molecule has 3 aromatic carbocycles. The van der Waals surface area contributed by atoms with Crippen molar-refractivity contribution in [2.45, 2.75) is 0 Å². The van der Waals surface area contributed by atoms with E-state index in [4.69, 9.17) is 4.84 Å². The maximum absolute atomic E-state index is 6.00. The molecular formula is C18H17NOS. The maximum Gasteiger partial charge on any atom is 0.148 e. The van der Waals surface area contributed by atoms with Crippen LogP contribution in [0.15, 0.2) is 54.6 Å². The van der Waals surface area contributed by atoms with Crippen LogP contribution in [-0.2, 0) is 0 Å². The highest BCUT2D eigenvalue weighted by molar-refractivity contribution is 7.99. The van der Waals surface area contributed by atoms with Crippen LogP contribution in [0.2, 0.25) is 0 Å². The van der Waals surface area contributed by atoms with Crippen molar-refractivity contribution in [3.63, 3.8) is 0 Å². The van der Waals surface area contributed by atoms with Crippen molar-refractivity contribution in [2.75, 3.05) is 24.6 Å². The molecule has 0 unspecified atom stereocenters. The van der Waals surface area contributed by atoms with Gasteiger partial charge in [-0.25, -0.2) is 0 Å². The molecule has 3 heteroatoms. The Morgan fingerprint density at radius 3 is 2.19 bits per heavy atom. The number of hydrogen-bond acceptors (Lipinski definition) is 3. The third-order valence-corrected chi connectivity index (χ3v) is 4.82. The largest absolute Gasteiger partial charge is 0.406 e. The minimum Gasteiger partial charge on any atom is -0.406 e. The smallest absolute Gasteiger partial charge is 0.148 e. The second-order valence-electron chi connectivity index (χ2n) is 5.34. The van der Waals surface area contributed by atoms with E-state index in [9.17, 15) is 0 Å². The zero-order chi connectivity index (χ0) is 14.1. The molecule has 21 heavy (non-hydrogen) atoms. The molecule has 0 bridgehead atoms. The van der Waals surface area contributed by atoms with Crippen LogP contribution in [0.3, 0.4) is 0 Å². The van der Waals surface area contributed by atoms with Crippen LogP contribution in [0.4, 0.5) is 0 Å². The molecule has 0 amide bonds. The van der Waals surface area contributed by atoms with Gasteiger partial charge in [0.2, 0.25) is 0 Å². The van der Waals surface area contributed by atoms with Crippen molar-refractivity contribution in [3.05, 3.63) is 54.6 Å². The van der Waals surface area contributed by atoms with Gasteiger partial charge in [-0.15, -0.1) is 5.06 Å². The number of thioether (sulfide) groups is 1. The number of hydroxylamine groups is 2. The third-order valence-electron chi connectivity index (χ3n) is 3.88. The van der Waals surface area contributed by atoms with Gasteiger partial charge < -0.3 is 4.84 Å². The van der Waals surface area contributed by atoms with Crippen molar-refractivity contribution < 1.29 is 4.84 Å². The summed E-state index contributed by atoms with van der Waals surface area (Å²) in [7, 11) is 0. The molecule has 0 N–H and O–H groups in total. The highest BCUT2D eigenvalue weighted by atomic mass is 32.2. The first-order valence-corrected chi connectivity index (χ1v) is 8.47. The lowest BCUT2D eigenvalue weighted by atomic mass is 10.0. The van der Waals surface area contributed by atoms with Gasteiger partial charge in [0.1, 0.15) is 5.75 Å². The van der Waals surface area contributed by atoms with Crippen LogP contribution in [0, 0.1) is 0 Å². The minimum absolute atomic E-state index is 0.935. The zero-order valence-electron chi connectivity index (χ0n) is 11.8. The first-order chi connectivity index (χ1) is 10.4. The van der Waals surface area contributed by atoms with Gasteiger partial charge >= 0.3 is 0 Å². The number of fused-ring (bicyclic) bond motifs is 2. The number of nitrogens with zero attached hydrogens (tertiary/aromatic N) is 1. The molecule has 0 radical (unpaired) electrons. The summed E-state index contributed by atoms with van der Waals surface area (Å²) in [4.78, 5) is 6.00. The van der Waals surface area contributed by atoms with Gasteiger partial charge in [-0.2, -0.15) is 11.8 Å². The van der Waals surface area contributed by atoms with Gasteiger partial charge in [-0.1, -0.05) is 30.3 Å². The molecule has 2 nitrogen and oxygen atoms in total. The minimum atomic E-state index is 0.935. The average Bonchev–Trinajstić information content (AvgIpc) is 2.54. The summed E-state index contributed by atoms with van der Waals surface area (Å²) in [6, 6.07) is 19.3. The Bertz CT molecular complexity index is 780. The Labute approximate surface area is 128 Å². The molecule has 1 aliphatic heterocycles.